The lowest BCUT2D eigenvalue weighted by molar-refractivity contribution is 0.357. The Kier molecular flexibility index (Phi) is 8.60. The van der Waals surface area contributed by atoms with E-state index in [1.807, 2.05) is 7.05 Å². The molecule has 1 N–H and O–H groups in total. The summed E-state index contributed by atoms with van der Waals surface area (Å²) in [6, 6.07) is 6.53. The number of hydrogen-bond acceptors (Lipinski definition) is 2. The number of benzene rings is 1. The fourth-order valence-corrected chi connectivity index (χ4v) is 2.60. The summed E-state index contributed by atoms with van der Waals surface area (Å²) < 4.78 is 5.54. The van der Waals surface area contributed by atoms with Crippen LogP contribution in [0.15, 0.2) is 23.2 Å². The second-order valence-electron chi connectivity index (χ2n) is 5.54. The van der Waals surface area contributed by atoms with Crippen molar-refractivity contribution in [1.29, 1.82) is 0 Å². The van der Waals surface area contributed by atoms with E-state index in [2.05, 4.69) is 47.4 Å². The van der Waals surface area contributed by atoms with Crippen LogP contribution >= 0.6 is 24.0 Å². The van der Waals surface area contributed by atoms with Crippen LogP contribution in [-0.4, -0.2) is 44.7 Å². The van der Waals surface area contributed by atoms with E-state index in [1.54, 1.807) is 0 Å². The number of aliphatic imine (C=N–C) groups is 1. The first-order chi connectivity index (χ1) is 10.2. The van der Waals surface area contributed by atoms with Crippen molar-refractivity contribution in [2.75, 3.05) is 33.8 Å². The topological polar surface area (TPSA) is 36.9 Å². The smallest absolute Gasteiger partial charge is 0.193 e. The number of halogens is 1. The van der Waals surface area contributed by atoms with Crippen molar-refractivity contribution in [3.8, 4) is 5.75 Å². The Morgan fingerprint density at radius 3 is 2.95 bits per heavy atom. The Balaban J connectivity index is 0.00000242. The number of ether oxygens (including phenoxy) is 1. The first-order valence-corrected chi connectivity index (χ1v) is 7.91. The van der Waals surface area contributed by atoms with E-state index in [0.29, 0.717) is 0 Å². The molecular weight excluding hydrogens is 389 g/mol. The number of hydrogen-bond donors (Lipinski definition) is 1. The Labute approximate surface area is 151 Å². The van der Waals surface area contributed by atoms with Crippen molar-refractivity contribution in [3.63, 3.8) is 0 Å². The van der Waals surface area contributed by atoms with Crippen LogP contribution in [0.5, 0.6) is 5.75 Å². The number of nitrogens with one attached hydrogen (secondary N) is 1. The minimum absolute atomic E-state index is 0. The zero-order valence-corrected chi connectivity index (χ0v) is 16.2. The predicted octanol–water partition coefficient (Wildman–Crippen LogP) is 3.09. The molecule has 22 heavy (non-hydrogen) atoms. The molecule has 0 amide bonds. The van der Waals surface area contributed by atoms with Crippen LogP contribution < -0.4 is 10.1 Å². The maximum atomic E-state index is 5.54. The maximum absolute atomic E-state index is 5.54. The van der Waals surface area contributed by atoms with Gasteiger partial charge in [-0.05, 0) is 30.0 Å². The van der Waals surface area contributed by atoms with Gasteiger partial charge < -0.3 is 15.0 Å². The number of rotatable bonds is 6. The largest absolute Gasteiger partial charge is 0.493 e. The Morgan fingerprint density at radius 1 is 1.41 bits per heavy atom. The third-order valence-corrected chi connectivity index (χ3v) is 3.87. The first kappa shape index (κ1) is 19.1. The number of guanidine groups is 1. The highest BCUT2D eigenvalue weighted by molar-refractivity contribution is 14.0. The predicted molar refractivity (Wildman–Crippen MR) is 104 cm³/mol. The van der Waals surface area contributed by atoms with Crippen molar-refractivity contribution >= 4 is 29.9 Å². The van der Waals surface area contributed by atoms with Crippen LogP contribution in [0.3, 0.4) is 0 Å². The lowest BCUT2D eigenvalue weighted by Crippen LogP contribution is -2.40. The van der Waals surface area contributed by atoms with Gasteiger partial charge in [0.05, 0.1) is 6.61 Å². The molecule has 0 fully saturated rings. The summed E-state index contributed by atoms with van der Waals surface area (Å²) >= 11 is 0. The van der Waals surface area contributed by atoms with Gasteiger partial charge in [-0.1, -0.05) is 25.5 Å². The van der Waals surface area contributed by atoms with Gasteiger partial charge in [-0.2, -0.15) is 0 Å². The second-order valence-corrected chi connectivity index (χ2v) is 5.54. The lowest BCUT2D eigenvalue weighted by atomic mass is 10.1. The summed E-state index contributed by atoms with van der Waals surface area (Å²) in [5.41, 5.74) is 2.70. The van der Waals surface area contributed by atoms with Gasteiger partial charge in [-0.15, -0.1) is 24.0 Å². The molecule has 1 heterocycles. The molecule has 0 atom stereocenters. The quantitative estimate of drug-likeness (QED) is 0.439. The molecule has 124 valence electrons. The third kappa shape index (κ3) is 5.34. The van der Waals surface area contributed by atoms with E-state index >= 15 is 0 Å². The summed E-state index contributed by atoms with van der Waals surface area (Å²) in [4.78, 5) is 6.54. The van der Waals surface area contributed by atoms with E-state index < -0.39 is 0 Å². The monoisotopic (exact) mass is 417 g/mol. The molecule has 0 aliphatic carbocycles. The average Bonchev–Trinajstić information content (AvgIpc) is 2.96. The maximum Gasteiger partial charge on any atom is 0.193 e. The molecule has 0 bridgehead atoms. The van der Waals surface area contributed by atoms with E-state index in [9.17, 15) is 0 Å². The molecule has 0 radical (unpaired) electrons. The zero-order chi connectivity index (χ0) is 15.1. The SMILES string of the molecule is CCCCN(C)C(=NC)NCCc1ccc2c(c1)CCO2.I. The highest BCUT2D eigenvalue weighted by Crippen LogP contribution is 2.25. The third-order valence-electron chi connectivity index (χ3n) is 3.87. The molecule has 1 aromatic rings. The van der Waals surface area contributed by atoms with Gasteiger partial charge in [-0.25, -0.2) is 0 Å². The van der Waals surface area contributed by atoms with Crippen LogP contribution in [0, 0.1) is 0 Å². The fourth-order valence-electron chi connectivity index (χ4n) is 2.60. The van der Waals surface area contributed by atoms with Crippen LogP contribution in [0.4, 0.5) is 0 Å². The molecule has 1 aliphatic heterocycles. The van der Waals surface area contributed by atoms with Gasteiger partial charge in [0, 0.05) is 33.6 Å². The van der Waals surface area contributed by atoms with Crippen LogP contribution in [-0.2, 0) is 12.8 Å². The van der Waals surface area contributed by atoms with E-state index in [4.69, 9.17) is 4.74 Å². The van der Waals surface area contributed by atoms with Crippen molar-refractivity contribution in [3.05, 3.63) is 29.3 Å². The number of unbranched alkanes of at least 4 members (excludes halogenated alkanes) is 1. The summed E-state index contributed by atoms with van der Waals surface area (Å²) in [7, 11) is 3.94. The van der Waals surface area contributed by atoms with Gasteiger partial charge in [0.15, 0.2) is 5.96 Å². The molecule has 0 saturated carbocycles. The Morgan fingerprint density at radius 2 is 2.23 bits per heavy atom. The molecule has 5 heteroatoms. The molecule has 1 aromatic carbocycles. The summed E-state index contributed by atoms with van der Waals surface area (Å²) in [6.07, 6.45) is 4.45. The zero-order valence-electron chi connectivity index (χ0n) is 13.9. The molecule has 2 rings (SSSR count). The Hall–Kier alpha value is -0.980. The normalized spacial score (nSPS) is 13.1. The van der Waals surface area contributed by atoms with Crippen molar-refractivity contribution < 1.29 is 4.74 Å². The molecular formula is C17H28IN3O. The summed E-state index contributed by atoms with van der Waals surface area (Å²) in [5.74, 6) is 2.04. The molecule has 0 aromatic heterocycles. The Bertz CT molecular complexity index is 491. The van der Waals surface area contributed by atoms with Gasteiger partial charge in [-0.3, -0.25) is 4.99 Å². The molecule has 0 saturated heterocycles. The average molecular weight is 417 g/mol. The van der Waals surface area contributed by atoms with Crippen molar-refractivity contribution in [1.82, 2.24) is 10.2 Å². The summed E-state index contributed by atoms with van der Waals surface area (Å²) in [5, 5.41) is 3.44. The van der Waals surface area contributed by atoms with E-state index in [1.165, 1.54) is 24.0 Å². The molecule has 4 nitrogen and oxygen atoms in total. The van der Waals surface area contributed by atoms with Gasteiger partial charge in [0.1, 0.15) is 5.75 Å². The minimum atomic E-state index is 0. The minimum Gasteiger partial charge on any atom is -0.493 e. The van der Waals surface area contributed by atoms with Crippen molar-refractivity contribution in [2.45, 2.75) is 32.6 Å². The van der Waals surface area contributed by atoms with E-state index in [0.717, 1.165) is 44.2 Å². The number of nitrogens with zero attached hydrogens (tertiary/aromatic N) is 2. The van der Waals surface area contributed by atoms with Gasteiger partial charge >= 0.3 is 0 Å². The highest BCUT2D eigenvalue weighted by atomic mass is 127. The standard InChI is InChI=1S/C17H27N3O.HI/c1-4-5-11-20(3)17(18-2)19-10-8-14-6-7-16-15(13-14)9-12-21-16;/h6-7,13H,4-5,8-12H2,1-3H3,(H,18,19);1H. The molecule has 1 aliphatic rings. The fraction of sp³-hybridized carbons (Fsp3) is 0.588. The first-order valence-electron chi connectivity index (χ1n) is 7.91. The van der Waals surface area contributed by atoms with Gasteiger partial charge in [0.25, 0.3) is 0 Å². The molecule has 0 unspecified atom stereocenters. The lowest BCUT2D eigenvalue weighted by Gasteiger charge is -2.21. The second kappa shape index (κ2) is 9.92. The summed E-state index contributed by atoms with van der Waals surface area (Å²) in [6.45, 7) is 4.99. The highest BCUT2D eigenvalue weighted by Gasteiger charge is 2.12. The van der Waals surface area contributed by atoms with Gasteiger partial charge in [0.2, 0.25) is 0 Å². The van der Waals surface area contributed by atoms with Crippen LogP contribution in [0.25, 0.3) is 0 Å². The van der Waals surface area contributed by atoms with E-state index in [-0.39, 0.29) is 24.0 Å². The number of fused-ring (bicyclic) bond motifs is 1. The molecule has 0 spiro atoms. The van der Waals surface area contributed by atoms with Crippen LogP contribution in [0.1, 0.15) is 30.9 Å². The van der Waals surface area contributed by atoms with Crippen LogP contribution in [0.2, 0.25) is 0 Å². The van der Waals surface area contributed by atoms with Crippen molar-refractivity contribution in [2.24, 2.45) is 4.99 Å².